The van der Waals surface area contributed by atoms with E-state index in [-0.39, 0.29) is 0 Å². The molecule has 1 nitrogen and oxygen atoms in total. The number of hydrogen-bond donors (Lipinski definition) is 0. The molecule has 98 valence electrons. The molecule has 0 saturated heterocycles. The van der Waals surface area contributed by atoms with Crippen molar-refractivity contribution < 1.29 is 4.74 Å². The Balaban J connectivity index is 2.25. The lowest BCUT2D eigenvalue weighted by atomic mass is 9.70. The van der Waals surface area contributed by atoms with Gasteiger partial charge >= 0.3 is 0 Å². The highest BCUT2D eigenvalue weighted by Gasteiger charge is 2.30. The van der Waals surface area contributed by atoms with Crippen molar-refractivity contribution in [2.24, 2.45) is 17.8 Å². The number of allylic oxidation sites excluding steroid dienone is 2. The molecule has 0 spiro atoms. The van der Waals surface area contributed by atoms with Gasteiger partial charge in [-0.15, -0.1) is 0 Å². The first kappa shape index (κ1) is 13.4. The van der Waals surface area contributed by atoms with Gasteiger partial charge in [0.05, 0.1) is 0 Å². The quantitative estimate of drug-likeness (QED) is 0.763. The zero-order valence-electron chi connectivity index (χ0n) is 11.7. The zero-order valence-corrected chi connectivity index (χ0v) is 11.7. The molecule has 0 saturated carbocycles. The van der Waals surface area contributed by atoms with Crippen LogP contribution >= 0.6 is 0 Å². The fourth-order valence-electron chi connectivity index (χ4n) is 3.24. The second-order valence-electron chi connectivity index (χ2n) is 5.35. The molecule has 0 bridgehead atoms. The Labute approximate surface area is 111 Å². The van der Waals surface area contributed by atoms with Gasteiger partial charge < -0.3 is 4.74 Å². The maximum Gasteiger partial charge on any atom is 0.0496 e. The highest BCUT2D eigenvalue weighted by atomic mass is 16.5. The monoisotopic (exact) mass is 244 g/mol. The molecular weight excluding hydrogens is 220 g/mol. The van der Waals surface area contributed by atoms with E-state index < -0.39 is 0 Å². The summed E-state index contributed by atoms with van der Waals surface area (Å²) in [4.78, 5) is 0. The standard InChI is InChI=1S/C17H24O/c1-4-16-13(2)15(12-18-3)10-11-17(16)14-8-6-5-7-9-14/h5-9,11,13,15-16H,4,10,12H2,1-3H3. The first-order chi connectivity index (χ1) is 8.77. The molecule has 1 heteroatoms. The van der Waals surface area contributed by atoms with E-state index in [1.165, 1.54) is 17.6 Å². The molecule has 0 fully saturated rings. The van der Waals surface area contributed by atoms with Crippen LogP contribution in [0.2, 0.25) is 0 Å². The summed E-state index contributed by atoms with van der Waals surface area (Å²) in [6, 6.07) is 10.8. The predicted molar refractivity (Wildman–Crippen MR) is 77.3 cm³/mol. The molecule has 1 aliphatic rings. The molecule has 0 aliphatic heterocycles. The minimum Gasteiger partial charge on any atom is -0.384 e. The topological polar surface area (TPSA) is 9.23 Å². The van der Waals surface area contributed by atoms with Crippen LogP contribution in [0.4, 0.5) is 0 Å². The molecule has 3 atom stereocenters. The van der Waals surface area contributed by atoms with Crippen LogP contribution in [0.5, 0.6) is 0 Å². The lowest BCUT2D eigenvalue weighted by molar-refractivity contribution is 0.109. The first-order valence-electron chi connectivity index (χ1n) is 7.02. The fourth-order valence-corrected chi connectivity index (χ4v) is 3.24. The molecule has 0 amide bonds. The molecule has 0 N–H and O–H groups in total. The van der Waals surface area contributed by atoms with Crippen molar-refractivity contribution in [1.29, 1.82) is 0 Å². The van der Waals surface area contributed by atoms with Crippen LogP contribution in [0.1, 0.15) is 32.3 Å². The summed E-state index contributed by atoms with van der Waals surface area (Å²) >= 11 is 0. The zero-order chi connectivity index (χ0) is 13.0. The van der Waals surface area contributed by atoms with E-state index in [9.17, 15) is 0 Å². The largest absolute Gasteiger partial charge is 0.384 e. The summed E-state index contributed by atoms with van der Waals surface area (Å²) in [6.45, 7) is 5.57. The van der Waals surface area contributed by atoms with Gasteiger partial charge in [-0.3, -0.25) is 0 Å². The molecule has 1 aromatic carbocycles. The van der Waals surface area contributed by atoms with Crippen LogP contribution in [-0.2, 0) is 4.74 Å². The Hall–Kier alpha value is -1.08. The second-order valence-corrected chi connectivity index (χ2v) is 5.35. The summed E-state index contributed by atoms with van der Waals surface area (Å²) in [5, 5.41) is 0. The lowest BCUT2D eigenvalue weighted by Crippen LogP contribution is -2.28. The third kappa shape index (κ3) is 2.67. The highest BCUT2D eigenvalue weighted by molar-refractivity contribution is 5.68. The molecule has 1 aliphatic carbocycles. The molecule has 1 aromatic rings. The van der Waals surface area contributed by atoms with Crippen LogP contribution in [0.15, 0.2) is 36.4 Å². The SMILES string of the molecule is CCC1C(c2ccccc2)=CCC(COC)C1C. The minimum absolute atomic E-state index is 0.668. The van der Waals surface area contributed by atoms with Crippen molar-refractivity contribution in [3.63, 3.8) is 0 Å². The Morgan fingerprint density at radius 3 is 2.56 bits per heavy atom. The van der Waals surface area contributed by atoms with Crippen molar-refractivity contribution in [3.8, 4) is 0 Å². The molecule has 3 unspecified atom stereocenters. The molecule has 0 aromatic heterocycles. The average Bonchev–Trinajstić information content (AvgIpc) is 2.42. The van der Waals surface area contributed by atoms with Crippen LogP contribution in [0, 0.1) is 17.8 Å². The van der Waals surface area contributed by atoms with Gasteiger partial charge in [-0.2, -0.15) is 0 Å². The minimum atomic E-state index is 0.668. The van der Waals surface area contributed by atoms with E-state index in [1.807, 2.05) is 7.11 Å². The number of rotatable bonds is 4. The third-order valence-electron chi connectivity index (χ3n) is 4.35. The normalized spacial score (nSPS) is 27.9. The highest BCUT2D eigenvalue weighted by Crippen LogP contribution is 2.41. The molecule has 18 heavy (non-hydrogen) atoms. The first-order valence-corrected chi connectivity index (χ1v) is 7.02. The molecule has 0 radical (unpaired) electrons. The van der Waals surface area contributed by atoms with Crippen LogP contribution in [0.3, 0.4) is 0 Å². The van der Waals surface area contributed by atoms with Gasteiger partial charge in [0.25, 0.3) is 0 Å². The van der Waals surface area contributed by atoms with Gasteiger partial charge in [0.1, 0.15) is 0 Å². The fraction of sp³-hybridized carbons (Fsp3) is 0.529. The second kappa shape index (κ2) is 6.19. The Bertz CT molecular complexity index is 393. The van der Waals surface area contributed by atoms with Gasteiger partial charge in [-0.1, -0.05) is 50.3 Å². The van der Waals surface area contributed by atoms with Crippen LogP contribution < -0.4 is 0 Å². The molecule has 0 heterocycles. The predicted octanol–water partition coefficient (Wildman–Crippen LogP) is 4.40. The molecular formula is C17H24O. The van der Waals surface area contributed by atoms with Crippen LogP contribution in [-0.4, -0.2) is 13.7 Å². The number of hydrogen-bond acceptors (Lipinski definition) is 1. The lowest BCUT2D eigenvalue weighted by Gasteiger charge is -2.36. The van der Waals surface area contributed by atoms with E-state index in [0.29, 0.717) is 17.8 Å². The Morgan fingerprint density at radius 2 is 1.94 bits per heavy atom. The van der Waals surface area contributed by atoms with Crippen molar-refractivity contribution in [2.45, 2.75) is 26.7 Å². The van der Waals surface area contributed by atoms with Crippen molar-refractivity contribution in [3.05, 3.63) is 42.0 Å². The van der Waals surface area contributed by atoms with E-state index >= 15 is 0 Å². The number of ether oxygens (including phenoxy) is 1. The summed E-state index contributed by atoms with van der Waals surface area (Å²) in [6.07, 6.45) is 4.80. The summed E-state index contributed by atoms with van der Waals surface area (Å²) < 4.78 is 5.36. The van der Waals surface area contributed by atoms with Gasteiger partial charge in [-0.25, -0.2) is 0 Å². The van der Waals surface area contributed by atoms with Crippen LogP contribution in [0.25, 0.3) is 5.57 Å². The van der Waals surface area contributed by atoms with Gasteiger partial charge in [0, 0.05) is 13.7 Å². The van der Waals surface area contributed by atoms with E-state index in [4.69, 9.17) is 4.74 Å². The van der Waals surface area contributed by atoms with E-state index in [2.05, 4.69) is 50.3 Å². The van der Waals surface area contributed by atoms with Gasteiger partial charge in [0.15, 0.2) is 0 Å². The van der Waals surface area contributed by atoms with Crippen molar-refractivity contribution in [1.82, 2.24) is 0 Å². The smallest absolute Gasteiger partial charge is 0.0496 e. The van der Waals surface area contributed by atoms with E-state index in [0.717, 1.165) is 13.0 Å². The maximum absolute atomic E-state index is 5.36. The van der Waals surface area contributed by atoms with E-state index in [1.54, 1.807) is 0 Å². The number of benzene rings is 1. The molecule has 2 rings (SSSR count). The Kier molecular flexibility index (Phi) is 4.60. The van der Waals surface area contributed by atoms with Gasteiger partial charge in [-0.05, 0) is 41.7 Å². The summed E-state index contributed by atoms with van der Waals surface area (Å²) in [5.41, 5.74) is 2.94. The van der Waals surface area contributed by atoms with Gasteiger partial charge in [0.2, 0.25) is 0 Å². The van der Waals surface area contributed by atoms with Crippen molar-refractivity contribution >= 4 is 5.57 Å². The van der Waals surface area contributed by atoms with Crippen molar-refractivity contribution in [2.75, 3.05) is 13.7 Å². The Morgan fingerprint density at radius 1 is 1.22 bits per heavy atom. The third-order valence-corrected chi connectivity index (χ3v) is 4.35. The summed E-state index contributed by atoms with van der Waals surface area (Å²) in [5.74, 6) is 2.05. The average molecular weight is 244 g/mol. The summed E-state index contributed by atoms with van der Waals surface area (Å²) in [7, 11) is 1.81. The number of methoxy groups -OCH3 is 1. The maximum atomic E-state index is 5.36.